The Morgan fingerprint density at radius 1 is 1.14 bits per heavy atom. The van der Waals surface area contributed by atoms with Crippen molar-refractivity contribution in [1.29, 1.82) is 0 Å². The molecule has 0 atom stereocenters. The molecule has 6 heteroatoms. The summed E-state index contributed by atoms with van der Waals surface area (Å²) in [6, 6.07) is 16.4. The van der Waals surface area contributed by atoms with E-state index in [0.29, 0.717) is 6.54 Å². The number of nitrogens with one attached hydrogen (secondary N) is 3. The molecular formula is C23H29N5O. The van der Waals surface area contributed by atoms with Gasteiger partial charge >= 0.3 is 0 Å². The molecule has 0 amide bonds. The van der Waals surface area contributed by atoms with Crippen LogP contribution >= 0.6 is 0 Å². The van der Waals surface area contributed by atoms with Crippen molar-refractivity contribution >= 4 is 5.96 Å². The van der Waals surface area contributed by atoms with Gasteiger partial charge in [0.2, 0.25) is 0 Å². The van der Waals surface area contributed by atoms with Gasteiger partial charge in [0.1, 0.15) is 18.1 Å². The van der Waals surface area contributed by atoms with Gasteiger partial charge in [-0.15, -0.1) is 0 Å². The molecule has 0 saturated carbocycles. The Kier molecular flexibility index (Phi) is 7.28. The normalized spacial score (nSPS) is 11.3. The van der Waals surface area contributed by atoms with Gasteiger partial charge in [0.05, 0.1) is 19.0 Å². The third-order valence-electron chi connectivity index (χ3n) is 4.57. The Morgan fingerprint density at radius 3 is 2.72 bits per heavy atom. The number of guanidine groups is 1. The lowest BCUT2D eigenvalue weighted by Gasteiger charge is -2.13. The molecule has 0 bridgehead atoms. The van der Waals surface area contributed by atoms with Crippen LogP contribution in [0.25, 0.3) is 11.3 Å². The zero-order chi connectivity index (χ0) is 20.5. The molecule has 0 aliphatic heterocycles. The van der Waals surface area contributed by atoms with E-state index in [-0.39, 0.29) is 0 Å². The Hall–Kier alpha value is -3.28. The molecule has 152 valence electrons. The summed E-state index contributed by atoms with van der Waals surface area (Å²) in [5.74, 6) is 2.53. The number of aliphatic imine (C=N–C) groups is 1. The first-order valence-corrected chi connectivity index (χ1v) is 9.94. The molecule has 3 rings (SSSR count). The molecule has 0 aliphatic rings. The second-order valence-electron chi connectivity index (χ2n) is 6.80. The van der Waals surface area contributed by atoms with Crippen molar-refractivity contribution in [2.45, 2.75) is 26.8 Å². The van der Waals surface area contributed by atoms with Crippen LogP contribution in [0.5, 0.6) is 5.75 Å². The highest BCUT2D eigenvalue weighted by Crippen LogP contribution is 2.20. The Balaban J connectivity index is 1.59. The Bertz CT molecular complexity index is 933. The molecule has 29 heavy (non-hydrogen) atoms. The lowest BCUT2D eigenvalue weighted by molar-refractivity contribution is 0.409. The number of rotatable bonds is 8. The van der Waals surface area contributed by atoms with Gasteiger partial charge < -0.3 is 20.4 Å². The summed E-state index contributed by atoms with van der Waals surface area (Å²) < 4.78 is 5.46. The highest BCUT2D eigenvalue weighted by Gasteiger charge is 2.06. The molecule has 0 fully saturated rings. The molecule has 0 saturated heterocycles. The molecule has 2 aromatic carbocycles. The van der Waals surface area contributed by atoms with Crippen LogP contribution in [-0.2, 0) is 13.0 Å². The fourth-order valence-electron chi connectivity index (χ4n) is 3.12. The number of methoxy groups -OCH3 is 1. The van der Waals surface area contributed by atoms with Crippen LogP contribution in [0.1, 0.15) is 23.9 Å². The minimum Gasteiger partial charge on any atom is -0.496 e. The van der Waals surface area contributed by atoms with Crippen LogP contribution < -0.4 is 15.4 Å². The molecule has 6 nitrogen and oxygen atoms in total. The van der Waals surface area contributed by atoms with Crippen LogP contribution in [-0.4, -0.2) is 36.1 Å². The van der Waals surface area contributed by atoms with Crippen LogP contribution in [0.15, 0.2) is 59.7 Å². The van der Waals surface area contributed by atoms with Crippen LogP contribution in [0.3, 0.4) is 0 Å². The zero-order valence-corrected chi connectivity index (χ0v) is 17.3. The second kappa shape index (κ2) is 10.3. The van der Waals surface area contributed by atoms with Crippen molar-refractivity contribution in [3.8, 4) is 17.0 Å². The quantitative estimate of drug-likeness (QED) is 0.404. The predicted octanol–water partition coefficient (Wildman–Crippen LogP) is 3.69. The largest absolute Gasteiger partial charge is 0.496 e. The summed E-state index contributed by atoms with van der Waals surface area (Å²) in [4.78, 5) is 12.4. The average molecular weight is 392 g/mol. The Morgan fingerprint density at radius 2 is 1.97 bits per heavy atom. The number of benzene rings is 2. The fourth-order valence-corrected chi connectivity index (χ4v) is 3.12. The maximum atomic E-state index is 5.46. The highest BCUT2D eigenvalue weighted by atomic mass is 16.5. The average Bonchev–Trinajstić information content (AvgIpc) is 3.22. The minimum absolute atomic E-state index is 0.482. The molecule has 3 aromatic rings. The van der Waals surface area contributed by atoms with Crippen molar-refractivity contribution in [2.75, 3.05) is 20.2 Å². The van der Waals surface area contributed by atoms with Crippen molar-refractivity contribution < 1.29 is 4.74 Å². The van der Waals surface area contributed by atoms with E-state index in [9.17, 15) is 0 Å². The number of nitrogens with zero attached hydrogens (tertiary/aromatic N) is 2. The SMILES string of the molecule is CCNC(=NCc1ncc(-c2ccccc2)[nH]1)NCCc1cc(C)ccc1OC. The van der Waals surface area contributed by atoms with Crippen LogP contribution in [0, 0.1) is 6.92 Å². The number of aromatic nitrogens is 2. The maximum absolute atomic E-state index is 5.46. The van der Waals surface area contributed by atoms with E-state index in [1.807, 2.05) is 30.5 Å². The molecule has 0 aliphatic carbocycles. The van der Waals surface area contributed by atoms with Crippen molar-refractivity contribution in [2.24, 2.45) is 4.99 Å². The van der Waals surface area contributed by atoms with Gasteiger partial charge in [-0.2, -0.15) is 0 Å². The third-order valence-corrected chi connectivity index (χ3v) is 4.57. The number of imidazole rings is 1. The molecule has 0 radical (unpaired) electrons. The van der Waals surface area contributed by atoms with Gasteiger partial charge in [-0.25, -0.2) is 9.98 Å². The summed E-state index contributed by atoms with van der Waals surface area (Å²) >= 11 is 0. The minimum atomic E-state index is 0.482. The van der Waals surface area contributed by atoms with Crippen molar-refractivity contribution in [1.82, 2.24) is 20.6 Å². The Labute approximate surface area is 172 Å². The number of aryl methyl sites for hydroxylation is 1. The van der Waals surface area contributed by atoms with Crippen molar-refractivity contribution in [3.63, 3.8) is 0 Å². The molecular weight excluding hydrogens is 362 g/mol. The van der Waals surface area contributed by atoms with E-state index in [4.69, 9.17) is 4.74 Å². The van der Waals surface area contributed by atoms with Gasteiger partial charge in [0.15, 0.2) is 5.96 Å². The first-order valence-electron chi connectivity index (χ1n) is 9.94. The molecule has 3 N–H and O–H groups in total. The topological polar surface area (TPSA) is 74.3 Å². The highest BCUT2D eigenvalue weighted by molar-refractivity contribution is 5.79. The first-order chi connectivity index (χ1) is 14.2. The summed E-state index contributed by atoms with van der Waals surface area (Å²) in [5.41, 5.74) is 4.54. The summed E-state index contributed by atoms with van der Waals surface area (Å²) in [5, 5.41) is 6.67. The predicted molar refractivity (Wildman–Crippen MR) is 118 cm³/mol. The van der Waals surface area contributed by atoms with Gasteiger partial charge in [-0.05, 0) is 37.5 Å². The molecule has 1 heterocycles. The molecule has 1 aromatic heterocycles. The van der Waals surface area contributed by atoms with Gasteiger partial charge in [0, 0.05) is 13.1 Å². The summed E-state index contributed by atoms with van der Waals surface area (Å²) in [6.07, 6.45) is 2.71. The van der Waals surface area contributed by atoms with Gasteiger partial charge in [-0.1, -0.05) is 48.0 Å². The van der Waals surface area contributed by atoms with Gasteiger partial charge in [0.25, 0.3) is 0 Å². The van der Waals surface area contributed by atoms with Crippen LogP contribution in [0.2, 0.25) is 0 Å². The van der Waals surface area contributed by atoms with E-state index in [0.717, 1.165) is 48.3 Å². The number of H-pyrrole nitrogens is 1. The van der Waals surface area contributed by atoms with E-state index >= 15 is 0 Å². The second-order valence-corrected chi connectivity index (χ2v) is 6.80. The maximum Gasteiger partial charge on any atom is 0.191 e. The number of ether oxygens (including phenoxy) is 1. The smallest absolute Gasteiger partial charge is 0.191 e. The molecule has 0 spiro atoms. The number of hydrogen-bond acceptors (Lipinski definition) is 3. The standard InChI is InChI=1S/C23H29N5O/c1-4-24-23(25-13-12-19-14-17(2)10-11-21(19)29-3)27-16-22-26-15-20(28-22)18-8-6-5-7-9-18/h5-11,14-15H,4,12-13,16H2,1-3H3,(H,26,28)(H2,24,25,27). The summed E-state index contributed by atoms with van der Waals surface area (Å²) in [7, 11) is 1.71. The monoisotopic (exact) mass is 391 g/mol. The number of aromatic amines is 1. The van der Waals surface area contributed by atoms with E-state index in [1.54, 1.807) is 7.11 Å². The van der Waals surface area contributed by atoms with Gasteiger partial charge in [-0.3, -0.25) is 0 Å². The van der Waals surface area contributed by atoms with E-state index in [2.05, 4.69) is 63.7 Å². The van der Waals surface area contributed by atoms with Crippen molar-refractivity contribution in [3.05, 3.63) is 71.7 Å². The number of hydrogen-bond donors (Lipinski definition) is 3. The zero-order valence-electron chi connectivity index (χ0n) is 17.3. The lowest BCUT2D eigenvalue weighted by Crippen LogP contribution is -2.38. The molecule has 0 unspecified atom stereocenters. The summed E-state index contributed by atoms with van der Waals surface area (Å²) in [6.45, 7) is 6.19. The van der Waals surface area contributed by atoms with E-state index < -0.39 is 0 Å². The third kappa shape index (κ3) is 5.85. The lowest BCUT2D eigenvalue weighted by atomic mass is 10.1. The first kappa shape index (κ1) is 20.5. The fraction of sp³-hybridized carbons (Fsp3) is 0.304. The van der Waals surface area contributed by atoms with Crippen LogP contribution in [0.4, 0.5) is 0 Å². The van der Waals surface area contributed by atoms with E-state index in [1.165, 1.54) is 11.1 Å².